The van der Waals surface area contributed by atoms with Crippen LogP contribution in [-0.4, -0.2) is 6.54 Å². The molecule has 0 saturated heterocycles. The van der Waals surface area contributed by atoms with Crippen LogP contribution in [-0.2, 0) is 19.3 Å². The Balaban J connectivity index is 1.68. The van der Waals surface area contributed by atoms with Gasteiger partial charge in [-0.05, 0) is 60.6 Å². The number of nitrogens with one attached hydrogen (secondary N) is 1. The number of aryl methyl sites for hydroxylation is 3. The van der Waals surface area contributed by atoms with Crippen molar-refractivity contribution in [2.24, 2.45) is 0 Å². The average Bonchev–Trinajstić information content (AvgIpc) is 2.46. The Kier molecular flexibility index (Phi) is 3.49. The SMILES string of the molecule is Fc1ccc(CCc2ccc3c(c2)CCCN3)cc1. The van der Waals surface area contributed by atoms with Gasteiger partial charge >= 0.3 is 0 Å². The van der Waals surface area contributed by atoms with Crippen LogP contribution in [0.5, 0.6) is 0 Å². The molecule has 0 radical (unpaired) electrons. The van der Waals surface area contributed by atoms with Crippen LogP contribution in [0.3, 0.4) is 0 Å². The van der Waals surface area contributed by atoms with Crippen molar-refractivity contribution in [2.45, 2.75) is 25.7 Å². The van der Waals surface area contributed by atoms with Gasteiger partial charge in [-0.1, -0.05) is 24.3 Å². The van der Waals surface area contributed by atoms with Gasteiger partial charge in [0, 0.05) is 12.2 Å². The molecule has 0 bridgehead atoms. The highest BCUT2D eigenvalue weighted by Gasteiger charge is 2.08. The van der Waals surface area contributed by atoms with Gasteiger partial charge in [0.2, 0.25) is 0 Å². The zero-order valence-corrected chi connectivity index (χ0v) is 11.0. The van der Waals surface area contributed by atoms with Gasteiger partial charge in [0.05, 0.1) is 0 Å². The van der Waals surface area contributed by atoms with Gasteiger partial charge in [0.15, 0.2) is 0 Å². The molecule has 98 valence electrons. The largest absolute Gasteiger partial charge is 0.385 e. The van der Waals surface area contributed by atoms with E-state index in [2.05, 4.69) is 23.5 Å². The third-order valence-electron chi connectivity index (χ3n) is 3.72. The molecule has 1 aliphatic heterocycles. The Hall–Kier alpha value is -1.83. The molecule has 19 heavy (non-hydrogen) atoms. The number of halogens is 1. The first-order chi connectivity index (χ1) is 9.31. The summed E-state index contributed by atoms with van der Waals surface area (Å²) >= 11 is 0. The Labute approximate surface area is 113 Å². The molecule has 0 fully saturated rings. The monoisotopic (exact) mass is 255 g/mol. The average molecular weight is 255 g/mol. The van der Waals surface area contributed by atoms with Gasteiger partial charge in [0.1, 0.15) is 5.82 Å². The predicted octanol–water partition coefficient (Wildman–Crippen LogP) is 3.97. The van der Waals surface area contributed by atoms with E-state index in [4.69, 9.17) is 0 Å². The molecule has 2 heteroatoms. The van der Waals surface area contributed by atoms with Gasteiger partial charge in [-0.2, -0.15) is 0 Å². The van der Waals surface area contributed by atoms with Crippen molar-refractivity contribution in [2.75, 3.05) is 11.9 Å². The van der Waals surface area contributed by atoms with Crippen molar-refractivity contribution < 1.29 is 4.39 Å². The maximum absolute atomic E-state index is 12.8. The smallest absolute Gasteiger partial charge is 0.123 e. The Morgan fingerprint density at radius 1 is 0.947 bits per heavy atom. The summed E-state index contributed by atoms with van der Waals surface area (Å²) in [5, 5.41) is 3.43. The van der Waals surface area contributed by atoms with Crippen LogP contribution in [0.4, 0.5) is 10.1 Å². The Morgan fingerprint density at radius 2 is 1.68 bits per heavy atom. The van der Waals surface area contributed by atoms with Crippen molar-refractivity contribution in [1.29, 1.82) is 0 Å². The fourth-order valence-corrected chi connectivity index (χ4v) is 2.62. The lowest BCUT2D eigenvalue weighted by Gasteiger charge is -2.18. The minimum Gasteiger partial charge on any atom is -0.385 e. The Morgan fingerprint density at radius 3 is 2.53 bits per heavy atom. The lowest BCUT2D eigenvalue weighted by molar-refractivity contribution is 0.627. The summed E-state index contributed by atoms with van der Waals surface area (Å²) in [6.45, 7) is 1.09. The number of hydrogen-bond donors (Lipinski definition) is 1. The van der Waals surface area contributed by atoms with Crippen LogP contribution in [0.15, 0.2) is 42.5 Å². The summed E-state index contributed by atoms with van der Waals surface area (Å²) < 4.78 is 12.8. The normalized spacial score (nSPS) is 13.7. The van der Waals surface area contributed by atoms with E-state index in [1.54, 1.807) is 0 Å². The Bertz CT molecular complexity index is 560. The molecule has 0 amide bonds. The lowest BCUT2D eigenvalue weighted by atomic mass is 9.97. The van der Waals surface area contributed by atoms with Gasteiger partial charge in [-0.3, -0.25) is 0 Å². The molecule has 1 aliphatic rings. The minimum atomic E-state index is -0.163. The molecule has 0 unspecified atom stereocenters. The fourth-order valence-electron chi connectivity index (χ4n) is 2.62. The first-order valence-corrected chi connectivity index (χ1v) is 6.91. The quantitative estimate of drug-likeness (QED) is 0.875. The van der Waals surface area contributed by atoms with Crippen LogP contribution in [0.2, 0.25) is 0 Å². The van der Waals surface area contributed by atoms with E-state index in [-0.39, 0.29) is 5.82 Å². The molecule has 0 saturated carbocycles. The molecule has 2 aromatic rings. The second kappa shape index (κ2) is 5.43. The number of hydrogen-bond acceptors (Lipinski definition) is 1. The van der Waals surface area contributed by atoms with Gasteiger partial charge in [-0.25, -0.2) is 4.39 Å². The molecule has 1 nitrogen and oxygen atoms in total. The number of benzene rings is 2. The lowest BCUT2D eigenvalue weighted by Crippen LogP contribution is -2.11. The van der Waals surface area contributed by atoms with Gasteiger partial charge < -0.3 is 5.32 Å². The van der Waals surface area contributed by atoms with Gasteiger partial charge in [0.25, 0.3) is 0 Å². The van der Waals surface area contributed by atoms with E-state index in [9.17, 15) is 4.39 Å². The molecule has 0 spiro atoms. The predicted molar refractivity (Wildman–Crippen MR) is 77.1 cm³/mol. The van der Waals surface area contributed by atoms with Gasteiger partial charge in [-0.15, -0.1) is 0 Å². The van der Waals surface area contributed by atoms with Crippen LogP contribution >= 0.6 is 0 Å². The second-order valence-electron chi connectivity index (χ2n) is 5.15. The van der Waals surface area contributed by atoms with Crippen molar-refractivity contribution in [3.05, 3.63) is 65.0 Å². The molecule has 3 rings (SSSR count). The summed E-state index contributed by atoms with van der Waals surface area (Å²) in [7, 11) is 0. The van der Waals surface area contributed by atoms with Crippen molar-refractivity contribution >= 4 is 5.69 Å². The maximum Gasteiger partial charge on any atom is 0.123 e. The van der Waals surface area contributed by atoms with Crippen LogP contribution < -0.4 is 5.32 Å². The van der Waals surface area contributed by atoms with Crippen molar-refractivity contribution in [3.8, 4) is 0 Å². The summed E-state index contributed by atoms with van der Waals surface area (Å²) in [6, 6.07) is 13.5. The van der Waals surface area contributed by atoms with Crippen LogP contribution in [0, 0.1) is 5.82 Å². The third kappa shape index (κ3) is 2.95. The van der Waals surface area contributed by atoms with E-state index in [0.717, 1.165) is 19.4 Å². The summed E-state index contributed by atoms with van der Waals surface area (Å²) in [6.07, 6.45) is 4.37. The number of fused-ring (bicyclic) bond motifs is 1. The van der Waals surface area contributed by atoms with Crippen LogP contribution in [0.25, 0.3) is 0 Å². The van der Waals surface area contributed by atoms with Crippen LogP contribution in [0.1, 0.15) is 23.1 Å². The standard InChI is InChI=1S/C17H18FN/c18-16-8-5-13(6-9-16)3-4-14-7-10-17-15(12-14)2-1-11-19-17/h5-10,12,19H,1-4,11H2. The van der Waals surface area contributed by atoms with E-state index in [1.165, 1.54) is 47.4 Å². The van der Waals surface area contributed by atoms with E-state index in [1.807, 2.05) is 12.1 Å². The van der Waals surface area contributed by atoms with Crippen molar-refractivity contribution in [1.82, 2.24) is 0 Å². The first kappa shape index (κ1) is 12.2. The molecular weight excluding hydrogens is 237 g/mol. The maximum atomic E-state index is 12.8. The second-order valence-corrected chi connectivity index (χ2v) is 5.15. The number of rotatable bonds is 3. The third-order valence-corrected chi connectivity index (χ3v) is 3.72. The molecule has 0 aromatic heterocycles. The van der Waals surface area contributed by atoms with Crippen molar-refractivity contribution in [3.63, 3.8) is 0 Å². The highest BCUT2D eigenvalue weighted by Crippen LogP contribution is 2.23. The highest BCUT2D eigenvalue weighted by molar-refractivity contribution is 5.54. The summed E-state index contributed by atoms with van der Waals surface area (Å²) in [5.74, 6) is -0.163. The zero-order valence-electron chi connectivity index (χ0n) is 11.0. The molecule has 1 N–H and O–H groups in total. The van der Waals surface area contributed by atoms with E-state index in [0.29, 0.717) is 0 Å². The summed E-state index contributed by atoms with van der Waals surface area (Å²) in [4.78, 5) is 0. The molecule has 1 heterocycles. The zero-order chi connectivity index (χ0) is 13.1. The minimum absolute atomic E-state index is 0.163. The highest BCUT2D eigenvalue weighted by atomic mass is 19.1. The van der Waals surface area contributed by atoms with E-state index < -0.39 is 0 Å². The molecule has 0 atom stereocenters. The number of anilines is 1. The molecule has 2 aromatic carbocycles. The molecule has 0 aliphatic carbocycles. The molecular formula is C17H18FN. The van der Waals surface area contributed by atoms with E-state index >= 15 is 0 Å². The summed E-state index contributed by atoms with van der Waals surface area (Å²) in [5.41, 5.74) is 5.28. The fraction of sp³-hybridized carbons (Fsp3) is 0.294. The first-order valence-electron chi connectivity index (χ1n) is 6.91. The topological polar surface area (TPSA) is 12.0 Å².